The third kappa shape index (κ3) is 10.7. The second kappa shape index (κ2) is 17.5. The van der Waals surface area contributed by atoms with Gasteiger partial charge in [-0.15, -0.1) is 12.4 Å². The summed E-state index contributed by atoms with van der Waals surface area (Å²) in [5.74, 6) is -0.137. The topological polar surface area (TPSA) is 119 Å². The first-order valence-electron chi connectivity index (χ1n) is 14.3. The number of hydrogen-bond donors (Lipinski definition) is 4. The molecule has 2 amide bonds. The van der Waals surface area contributed by atoms with Crippen molar-refractivity contribution in [3.05, 3.63) is 36.0 Å². The first-order chi connectivity index (χ1) is 18.1. The summed E-state index contributed by atoms with van der Waals surface area (Å²) in [6, 6.07) is 7.43. The highest BCUT2D eigenvalue weighted by molar-refractivity contribution is 6.07. The molecule has 0 fully saturated rings. The number of aliphatic hydroxyl groups excluding tert-OH is 1. The molecule has 39 heavy (non-hydrogen) atoms. The summed E-state index contributed by atoms with van der Waals surface area (Å²) in [5.41, 5.74) is 8.02. The van der Waals surface area contributed by atoms with E-state index in [0.29, 0.717) is 44.6 Å². The molecule has 1 aromatic heterocycles. The number of amides is 2. The van der Waals surface area contributed by atoms with E-state index in [1.165, 1.54) is 0 Å². The first kappa shape index (κ1) is 34.9. The summed E-state index contributed by atoms with van der Waals surface area (Å²) in [6.07, 6.45) is 3.98. The van der Waals surface area contributed by atoms with Gasteiger partial charge in [-0.05, 0) is 51.0 Å². The van der Waals surface area contributed by atoms with Gasteiger partial charge in [0.15, 0.2) is 0 Å². The average molecular weight is 567 g/mol. The number of nitrogens with zero attached hydrogens (tertiary/aromatic N) is 1. The molecule has 0 bridgehead atoms. The molecule has 0 spiro atoms. The van der Waals surface area contributed by atoms with E-state index >= 15 is 0 Å². The number of hydrogen-bond acceptors (Lipinski definition) is 5. The Morgan fingerprint density at radius 3 is 2.41 bits per heavy atom. The molecule has 0 aliphatic heterocycles. The summed E-state index contributed by atoms with van der Waals surface area (Å²) < 4.78 is 7.79. The minimum Gasteiger partial charge on any atom is -0.391 e. The lowest BCUT2D eigenvalue weighted by Crippen LogP contribution is -2.42. The molecule has 5 unspecified atom stereocenters. The number of ether oxygens (including phenoxy) is 1. The molecule has 2 aromatic rings. The number of nitrogens with two attached hydrogens (primary N) is 1. The zero-order valence-electron chi connectivity index (χ0n) is 24.6. The predicted molar refractivity (Wildman–Crippen MR) is 161 cm³/mol. The number of fused-ring (bicyclic) bond motifs is 1. The van der Waals surface area contributed by atoms with Crippen LogP contribution in [0.2, 0.25) is 0 Å². The van der Waals surface area contributed by atoms with Crippen LogP contribution in [0, 0.1) is 17.8 Å². The molecule has 0 saturated carbocycles. The van der Waals surface area contributed by atoms with Gasteiger partial charge in [0.1, 0.15) is 0 Å². The monoisotopic (exact) mass is 566 g/mol. The van der Waals surface area contributed by atoms with Gasteiger partial charge in [0.2, 0.25) is 5.91 Å². The van der Waals surface area contributed by atoms with Gasteiger partial charge in [0, 0.05) is 55.3 Å². The minimum absolute atomic E-state index is 0. The van der Waals surface area contributed by atoms with Gasteiger partial charge in [-0.3, -0.25) is 9.59 Å². The Labute approximate surface area is 240 Å². The Morgan fingerprint density at radius 1 is 1.08 bits per heavy atom. The highest BCUT2D eigenvalue weighted by Crippen LogP contribution is 2.23. The number of aromatic nitrogens is 1. The first-order valence-corrected chi connectivity index (χ1v) is 14.3. The third-order valence-corrected chi connectivity index (χ3v) is 7.35. The molecular formula is C30H51ClN4O4. The second-order valence-electron chi connectivity index (χ2n) is 10.9. The normalized spacial score (nSPS) is 15.3. The number of benzene rings is 1. The highest BCUT2D eigenvalue weighted by Gasteiger charge is 2.26. The van der Waals surface area contributed by atoms with E-state index in [-0.39, 0.29) is 48.1 Å². The van der Waals surface area contributed by atoms with E-state index in [1.54, 1.807) is 0 Å². The lowest BCUT2D eigenvalue weighted by Gasteiger charge is -2.28. The standard InChI is InChI=1S/C30H50N4O4.ClH/c1-7-9-14-32-29(36)21(5)15-28(35)26(31)16-23(20(3)4)17-33-30(37)25-19-34(18-22(6)38-8-2)27-13-11-10-12-24(25)27;/h10-13,19-23,26,28,35H,7-9,14-18,31H2,1-6H3,(H,32,36)(H,33,37);1H. The fraction of sp³-hybridized carbons (Fsp3) is 0.667. The zero-order chi connectivity index (χ0) is 28.2. The van der Waals surface area contributed by atoms with Gasteiger partial charge in [-0.1, -0.05) is 52.3 Å². The summed E-state index contributed by atoms with van der Waals surface area (Å²) in [7, 11) is 0. The van der Waals surface area contributed by atoms with Crippen LogP contribution in [0.5, 0.6) is 0 Å². The highest BCUT2D eigenvalue weighted by atomic mass is 35.5. The Kier molecular flexibility index (Phi) is 15.7. The van der Waals surface area contributed by atoms with Crippen LogP contribution in [0.4, 0.5) is 0 Å². The largest absolute Gasteiger partial charge is 0.391 e. The molecule has 2 rings (SSSR count). The van der Waals surface area contributed by atoms with E-state index in [2.05, 4.69) is 36.0 Å². The summed E-state index contributed by atoms with van der Waals surface area (Å²) in [6.45, 7) is 14.5. The molecule has 0 aliphatic carbocycles. The molecule has 222 valence electrons. The molecule has 1 heterocycles. The van der Waals surface area contributed by atoms with Gasteiger partial charge < -0.3 is 30.8 Å². The lowest BCUT2D eigenvalue weighted by atomic mass is 9.86. The van der Waals surface area contributed by atoms with E-state index in [0.717, 1.165) is 23.7 Å². The molecule has 5 atom stereocenters. The van der Waals surface area contributed by atoms with Crippen molar-refractivity contribution in [2.24, 2.45) is 23.5 Å². The van der Waals surface area contributed by atoms with E-state index in [9.17, 15) is 14.7 Å². The molecular weight excluding hydrogens is 516 g/mol. The second-order valence-corrected chi connectivity index (χ2v) is 10.9. The van der Waals surface area contributed by atoms with Crippen molar-refractivity contribution in [1.82, 2.24) is 15.2 Å². The van der Waals surface area contributed by atoms with Crippen LogP contribution in [0.25, 0.3) is 10.9 Å². The van der Waals surface area contributed by atoms with Crippen molar-refractivity contribution in [3.8, 4) is 0 Å². The molecule has 0 aliphatic rings. The van der Waals surface area contributed by atoms with Crippen molar-refractivity contribution in [2.45, 2.75) is 92.0 Å². The fourth-order valence-corrected chi connectivity index (χ4v) is 4.82. The Hall–Kier alpha value is -2.13. The van der Waals surface area contributed by atoms with Crippen molar-refractivity contribution in [2.75, 3.05) is 19.7 Å². The van der Waals surface area contributed by atoms with Gasteiger partial charge >= 0.3 is 0 Å². The number of halogens is 1. The van der Waals surface area contributed by atoms with Crippen LogP contribution >= 0.6 is 12.4 Å². The molecule has 5 N–H and O–H groups in total. The van der Waals surface area contributed by atoms with E-state index in [4.69, 9.17) is 10.5 Å². The van der Waals surface area contributed by atoms with Crippen LogP contribution in [0.15, 0.2) is 30.5 Å². The zero-order valence-corrected chi connectivity index (χ0v) is 25.4. The number of para-hydroxylation sites is 1. The minimum atomic E-state index is -0.788. The molecule has 1 aromatic carbocycles. The molecule has 0 saturated heterocycles. The number of nitrogens with one attached hydrogen (secondary N) is 2. The van der Waals surface area contributed by atoms with Crippen molar-refractivity contribution >= 4 is 35.1 Å². The maximum atomic E-state index is 13.3. The predicted octanol–water partition coefficient (Wildman–Crippen LogP) is 4.51. The molecule has 0 radical (unpaired) electrons. The fourth-order valence-electron chi connectivity index (χ4n) is 4.82. The van der Waals surface area contributed by atoms with Crippen LogP contribution in [-0.2, 0) is 16.1 Å². The van der Waals surface area contributed by atoms with Crippen LogP contribution in [-0.4, -0.2) is 59.4 Å². The van der Waals surface area contributed by atoms with Crippen molar-refractivity contribution < 1.29 is 19.4 Å². The van der Waals surface area contributed by atoms with Crippen molar-refractivity contribution in [1.29, 1.82) is 0 Å². The number of carbonyl (C=O) groups is 2. The summed E-state index contributed by atoms with van der Waals surface area (Å²) in [5, 5.41) is 17.7. The number of carbonyl (C=O) groups excluding carboxylic acids is 2. The van der Waals surface area contributed by atoms with Gasteiger partial charge in [-0.2, -0.15) is 0 Å². The smallest absolute Gasteiger partial charge is 0.253 e. The molecule has 8 nitrogen and oxygen atoms in total. The van der Waals surface area contributed by atoms with Gasteiger partial charge in [0.25, 0.3) is 5.91 Å². The third-order valence-electron chi connectivity index (χ3n) is 7.35. The van der Waals surface area contributed by atoms with Crippen LogP contribution in [0.3, 0.4) is 0 Å². The summed E-state index contributed by atoms with van der Waals surface area (Å²) in [4.78, 5) is 25.6. The molecule has 9 heteroatoms. The van der Waals surface area contributed by atoms with Crippen LogP contribution in [0.1, 0.15) is 77.6 Å². The maximum absolute atomic E-state index is 13.3. The Morgan fingerprint density at radius 2 is 1.77 bits per heavy atom. The number of unbranched alkanes of at least 4 members (excludes halogenated alkanes) is 1. The summed E-state index contributed by atoms with van der Waals surface area (Å²) >= 11 is 0. The van der Waals surface area contributed by atoms with E-state index < -0.39 is 12.1 Å². The lowest BCUT2D eigenvalue weighted by molar-refractivity contribution is -0.125. The SMILES string of the molecule is CCCCNC(=O)C(C)CC(O)C(N)CC(CNC(=O)c1cn(CC(C)OCC)c2ccccc12)C(C)C.Cl. The Bertz CT molecular complexity index is 1010. The quantitative estimate of drug-likeness (QED) is 0.210. The van der Waals surface area contributed by atoms with Gasteiger partial charge in [0.05, 0.1) is 17.8 Å². The number of aliphatic hydroxyl groups is 1. The van der Waals surface area contributed by atoms with E-state index in [1.807, 2.05) is 51.2 Å². The number of rotatable bonds is 17. The van der Waals surface area contributed by atoms with Crippen molar-refractivity contribution in [3.63, 3.8) is 0 Å². The average Bonchev–Trinajstić information content (AvgIpc) is 3.24. The van der Waals surface area contributed by atoms with Crippen LogP contribution < -0.4 is 16.4 Å². The van der Waals surface area contributed by atoms with Gasteiger partial charge in [-0.25, -0.2) is 0 Å². The Balaban J connectivity index is 0.00000760. The maximum Gasteiger partial charge on any atom is 0.253 e.